The minimum atomic E-state index is -0.438. The van der Waals surface area contributed by atoms with E-state index >= 15 is 0 Å². The molecule has 40 heavy (non-hydrogen) atoms. The smallest absolute Gasteiger partial charge is 0.282 e. The number of hydrogen-bond acceptors (Lipinski definition) is 7. The minimum absolute atomic E-state index is 0.0148. The number of ether oxygens (including phenoxy) is 1. The molecular weight excluding hydrogens is 576 g/mol. The maximum atomic E-state index is 13.5. The Morgan fingerprint density at radius 2 is 1.82 bits per heavy atom. The third-order valence-electron chi connectivity index (χ3n) is 6.18. The van der Waals surface area contributed by atoms with Crippen LogP contribution >= 0.6 is 15.9 Å². The Labute approximate surface area is 235 Å². The molecule has 0 aliphatic rings. The van der Waals surface area contributed by atoms with Gasteiger partial charge in [-0.25, -0.2) is 4.98 Å². The zero-order chi connectivity index (χ0) is 27.6. The normalized spacial score (nSPS) is 11.4. The maximum Gasteiger partial charge on any atom is 0.282 e. The van der Waals surface area contributed by atoms with Crippen molar-refractivity contribution in [3.8, 4) is 17.3 Å². The quantitative estimate of drug-likeness (QED) is 0.112. The lowest BCUT2D eigenvalue weighted by molar-refractivity contribution is -0.384. The van der Waals surface area contributed by atoms with Gasteiger partial charge in [0.1, 0.15) is 17.9 Å². The van der Waals surface area contributed by atoms with Crippen LogP contribution in [0.25, 0.3) is 33.5 Å². The van der Waals surface area contributed by atoms with E-state index in [-0.39, 0.29) is 23.7 Å². The standard InChI is InChI=1S/C30H19BrN4O5/c31-22-10-13-27-21(15-22)16-28(40-27)29-33-26-7-2-1-6-25(26)30(36)34(29)32-17-19-8-11-24(12-9-19)39-18-20-4-3-5-23(14-20)35(37)38/h1-17H,18H2. The van der Waals surface area contributed by atoms with Crippen LogP contribution in [0.15, 0.2) is 116 Å². The van der Waals surface area contributed by atoms with Crippen molar-refractivity contribution in [2.24, 2.45) is 5.10 Å². The Morgan fingerprint density at radius 1 is 1.00 bits per heavy atom. The van der Waals surface area contributed by atoms with Gasteiger partial charge in [-0.05, 0) is 71.8 Å². The third-order valence-corrected chi connectivity index (χ3v) is 6.68. The predicted molar refractivity (Wildman–Crippen MR) is 156 cm³/mol. The summed E-state index contributed by atoms with van der Waals surface area (Å²) in [6.45, 7) is 0.185. The first kappa shape index (κ1) is 25.2. The van der Waals surface area contributed by atoms with Crippen LogP contribution in [0.5, 0.6) is 5.75 Å². The summed E-state index contributed by atoms with van der Waals surface area (Å²) in [6.07, 6.45) is 1.56. The highest BCUT2D eigenvalue weighted by Gasteiger charge is 2.16. The molecular formula is C30H19BrN4O5. The van der Waals surface area contributed by atoms with E-state index < -0.39 is 4.92 Å². The van der Waals surface area contributed by atoms with Crippen LogP contribution in [0.2, 0.25) is 0 Å². The molecule has 4 aromatic carbocycles. The number of fused-ring (bicyclic) bond motifs is 2. The average molecular weight is 595 g/mol. The Kier molecular flexibility index (Phi) is 6.67. The van der Waals surface area contributed by atoms with Crippen molar-refractivity contribution in [2.45, 2.75) is 6.61 Å². The zero-order valence-corrected chi connectivity index (χ0v) is 22.3. The molecule has 0 spiro atoms. The topological polar surface area (TPSA) is 113 Å². The molecule has 0 N–H and O–H groups in total. The summed E-state index contributed by atoms with van der Waals surface area (Å²) in [4.78, 5) is 28.7. The van der Waals surface area contributed by atoms with Crippen molar-refractivity contribution < 1.29 is 14.1 Å². The van der Waals surface area contributed by atoms with Gasteiger partial charge in [0.05, 0.1) is 22.0 Å². The molecule has 0 unspecified atom stereocenters. The fourth-order valence-electron chi connectivity index (χ4n) is 4.22. The van der Waals surface area contributed by atoms with Crippen molar-refractivity contribution in [2.75, 3.05) is 0 Å². The number of halogens is 1. The number of nitro benzene ring substituents is 1. The van der Waals surface area contributed by atoms with Gasteiger partial charge in [0.15, 0.2) is 5.76 Å². The summed E-state index contributed by atoms with van der Waals surface area (Å²) in [5, 5.41) is 16.8. The molecule has 0 fully saturated rings. The number of nitro groups is 1. The van der Waals surface area contributed by atoms with Gasteiger partial charge in [-0.2, -0.15) is 9.78 Å². The van der Waals surface area contributed by atoms with Crippen molar-refractivity contribution in [1.29, 1.82) is 0 Å². The van der Waals surface area contributed by atoms with Crippen molar-refractivity contribution in [3.63, 3.8) is 0 Å². The van der Waals surface area contributed by atoms with Gasteiger partial charge in [0.2, 0.25) is 5.82 Å². The van der Waals surface area contributed by atoms with Crippen LogP contribution in [-0.4, -0.2) is 20.8 Å². The van der Waals surface area contributed by atoms with Crippen molar-refractivity contribution >= 4 is 49.7 Å². The summed E-state index contributed by atoms with van der Waals surface area (Å²) < 4.78 is 14.0. The van der Waals surface area contributed by atoms with E-state index in [0.29, 0.717) is 33.6 Å². The van der Waals surface area contributed by atoms with E-state index in [2.05, 4.69) is 21.0 Å². The molecule has 0 radical (unpaired) electrons. The second kappa shape index (κ2) is 10.6. The first-order valence-electron chi connectivity index (χ1n) is 12.2. The second-order valence-electron chi connectivity index (χ2n) is 8.89. The van der Waals surface area contributed by atoms with Crippen LogP contribution in [0.4, 0.5) is 5.69 Å². The fourth-order valence-corrected chi connectivity index (χ4v) is 4.59. The molecule has 0 bridgehead atoms. The van der Waals surface area contributed by atoms with E-state index in [1.807, 2.05) is 30.3 Å². The van der Waals surface area contributed by atoms with Gasteiger partial charge in [-0.3, -0.25) is 14.9 Å². The highest BCUT2D eigenvalue weighted by atomic mass is 79.9. The zero-order valence-electron chi connectivity index (χ0n) is 20.7. The van der Waals surface area contributed by atoms with E-state index in [1.54, 1.807) is 60.8 Å². The van der Waals surface area contributed by atoms with Crippen LogP contribution in [0, 0.1) is 10.1 Å². The number of hydrogen-bond donors (Lipinski definition) is 0. The molecule has 0 atom stereocenters. The third kappa shape index (κ3) is 5.12. The highest BCUT2D eigenvalue weighted by Crippen LogP contribution is 2.29. The lowest BCUT2D eigenvalue weighted by atomic mass is 10.2. The summed E-state index contributed by atoms with van der Waals surface area (Å²) in [6, 6.07) is 28.0. The van der Waals surface area contributed by atoms with Gasteiger partial charge in [-0.15, -0.1) is 0 Å². The molecule has 10 heteroatoms. The number of non-ortho nitro benzene ring substituents is 1. The fraction of sp³-hybridized carbons (Fsp3) is 0.0333. The van der Waals surface area contributed by atoms with Gasteiger partial charge in [0.25, 0.3) is 11.2 Å². The Hall–Kier alpha value is -5.09. The SMILES string of the molecule is O=c1c2ccccc2nc(-c2cc3cc(Br)ccc3o2)n1N=Cc1ccc(OCc2cccc([N+](=O)[O-])c2)cc1. The van der Waals surface area contributed by atoms with E-state index in [1.165, 1.54) is 16.8 Å². The molecule has 2 heterocycles. The number of rotatable bonds is 7. The molecule has 196 valence electrons. The number of aromatic nitrogens is 2. The molecule has 0 amide bonds. The van der Waals surface area contributed by atoms with Crippen LogP contribution in [0.1, 0.15) is 11.1 Å². The lowest BCUT2D eigenvalue weighted by Crippen LogP contribution is -2.20. The average Bonchev–Trinajstić information content (AvgIpc) is 3.39. The van der Waals surface area contributed by atoms with Gasteiger partial charge in [-0.1, -0.05) is 40.2 Å². The maximum absolute atomic E-state index is 13.5. The monoisotopic (exact) mass is 594 g/mol. The van der Waals surface area contributed by atoms with E-state index in [0.717, 1.165) is 15.4 Å². The van der Waals surface area contributed by atoms with E-state index in [9.17, 15) is 14.9 Å². The first-order chi connectivity index (χ1) is 19.4. The van der Waals surface area contributed by atoms with Crippen molar-refractivity contribution in [1.82, 2.24) is 9.66 Å². The van der Waals surface area contributed by atoms with Crippen LogP contribution < -0.4 is 10.3 Å². The Bertz CT molecular complexity index is 1980. The predicted octanol–water partition coefficient (Wildman–Crippen LogP) is 6.94. The number of nitrogens with zero attached hydrogens (tertiary/aromatic N) is 4. The van der Waals surface area contributed by atoms with E-state index in [4.69, 9.17) is 14.1 Å². The second-order valence-corrected chi connectivity index (χ2v) is 9.81. The van der Waals surface area contributed by atoms with Crippen molar-refractivity contribution in [3.05, 3.63) is 133 Å². The summed E-state index contributed by atoms with van der Waals surface area (Å²) in [7, 11) is 0. The molecule has 6 aromatic rings. The highest BCUT2D eigenvalue weighted by molar-refractivity contribution is 9.10. The van der Waals surface area contributed by atoms with Crippen LogP contribution in [-0.2, 0) is 6.61 Å². The molecule has 0 aliphatic carbocycles. The Balaban J connectivity index is 1.30. The number of benzene rings is 4. The molecule has 2 aromatic heterocycles. The molecule has 0 saturated heterocycles. The van der Waals surface area contributed by atoms with Gasteiger partial charge < -0.3 is 9.15 Å². The molecule has 6 rings (SSSR count). The minimum Gasteiger partial charge on any atom is -0.489 e. The molecule has 0 aliphatic heterocycles. The van der Waals surface area contributed by atoms with Gasteiger partial charge in [0, 0.05) is 22.0 Å². The lowest BCUT2D eigenvalue weighted by Gasteiger charge is -2.08. The Morgan fingerprint density at radius 3 is 2.65 bits per heavy atom. The van der Waals surface area contributed by atoms with Crippen LogP contribution in [0.3, 0.4) is 0 Å². The molecule has 9 nitrogen and oxygen atoms in total. The number of para-hydroxylation sites is 1. The summed E-state index contributed by atoms with van der Waals surface area (Å²) >= 11 is 3.47. The molecule has 0 saturated carbocycles. The summed E-state index contributed by atoms with van der Waals surface area (Å²) in [5.41, 5.74) is 2.31. The van der Waals surface area contributed by atoms with Gasteiger partial charge >= 0.3 is 0 Å². The summed E-state index contributed by atoms with van der Waals surface area (Å²) in [5.74, 6) is 1.28. The first-order valence-corrected chi connectivity index (χ1v) is 13.0. The number of furan rings is 1. The largest absolute Gasteiger partial charge is 0.489 e.